The van der Waals surface area contributed by atoms with Gasteiger partial charge in [0.2, 0.25) is 11.8 Å². The summed E-state index contributed by atoms with van der Waals surface area (Å²) in [7, 11) is 0. The number of benzene rings is 1. The van der Waals surface area contributed by atoms with Crippen LogP contribution in [-0.2, 0) is 9.59 Å². The van der Waals surface area contributed by atoms with E-state index in [1.807, 2.05) is 36.1 Å². The van der Waals surface area contributed by atoms with Gasteiger partial charge in [0.15, 0.2) is 0 Å². The standard InChI is InChI=1S/C17H24N2O2/c1-13-6-8-15(9-7-13)16(18-14(2)20)12-17(21)19-10-4-3-5-11-19/h6-9,16H,3-5,10-12H2,1-2H3,(H,18,20)/t16-/m1/s1. The Labute approximate surface area is 126 Å². The maximum Gasteiger partial charge on any atom is 0.224 e. The van der Waals surface area contributed by atoms with Crippen LogP contribution in [0.3, 0.4) is 0 Å². The second-order valence-electron chi connectivity index (χ2n) is 5.81. The molecule has 1 aromatic rings. The molecule has 0 aliphatic carbocycles. The number of carbonyl (C=O) groups is 2. The maximum absolute atomic E-state index is 12.4. The molecule has 1 aliphatic rings. The molecule has 4 heteroatoms. The van der Waals surface area contributed by atoms with Gasteiger partial charge in [-0.05, 0) is 31.7 Å². The number of amides is 2. The van der Waals surface area contributed by atoms with Crippen molar-refractivity contribution in [1.29, 1.82) is 0 Å². The summed E-state index contributed by atoms with van der Waals surface area (Å²) in [5.74, 6) is 0.0287. The molecule has 0 bridgehead atoms. The van der Waals surface area contributed by atoms with Crippen LogP contribution in [0.5, 0.6) is 0 Å². The first-order valence-corrected chi connectivity index (χ1v) is 7.67. The molecule has 1 aromatic carbocycles. The second-order valence-corrected chi connectivity index (χ2v) is 5.81. The molecular weight excluding hydrogens is 264 g/mol. The van der Waals surface area contributed by atoms with Crippen LogP contribution in [0.25, 0.3) is 0 Å². The number of nitrogens with one attached hydrogen (secondary N) is 1. The van der Waals surface area contributed by atoms with Crippen LogP contribution in [0.1, 0.15) is 49.8 Å². The summed E-state index contributed by atoms with van der Waals surface area (Å²) in [4.78, 5) is 25.7. The van der Waals surface area contributed by atoms with Crippen LogP contribution < -0.4 is 5.32 Å². The Morgan fingerprint density at radius 1 is 1.14 bits per heavy atom. The van der Waals surface area contributed by atoms with Crippen LogP contribution in [0.4, 0.5) is 0 Å². The highest BCUT2D eigenvalue weighted by Crippen LogP contribution is 2.20. The summed E-state index contributed by atoms with van der Waals surface area (Å²) >= 11 is 0. The van der Waals surface area contributed by atoms with E-state index < -0.39 is 0 Å². The summed E-state index contributed by atoms with van der Waals surface area (Å²) in [5.41, 5.74) is 2.16. The van der Waals surface area contributed by atoms with E-state index in [1.165, 1.54) is 18.9 Å². The molecule has 2 rings (SSSR count). The molecule has 4 nitrogen and oxygen atoms in total. The SMILES string of the molecule is CC(=O)N[C@H](CC(=O)N1CCCCC1)c1ccc(C)cc1. The number of hydrogen-bond acceptors (Lipinski definition) is 2. The minimum atomic E-state index is -0.238. The zero-order valence-electron chi connectivity index (χ0n) is 12.9. The van der Waals surface area contributed by atoms with E-state index in [9.17, 15) is 9.59 Å². The third-order valence-corrected chi connectivity index (χ3v) is 3.94. The minimum absolute atomic E-state index is 0.105. The van der Waals surface area contributed by atoms with Gasteiger partial charge in [0.05, 0.1) is 12.5 Å². The van der Waals surface area contributed by atoms with Gasteiger partial charge in [-0.3, -0.25) is 9.59 Å². The van der Waals surface area contributed by atoms with Crippen LogP contribution >= 0.6 is 0 Å². The van der Waals surface area contributed by atoms with Crippen molar-refractivity contribution in [3.8, 4) is 0 Å². The van der Waals surface area contributed by atoms with Crippen LogP contribution in [0.15, 0.2) is 24.3 Å². The zero-order chi connectivity index (χ0) is 15.2. The lowest BCUT2D eigenvalue weighted by Crippen LogP contribution is -2.38. The molecule has 1 N–H and O–H groups in total. The fourth-order valence-corrected chi connectivity index (χ4v) is 2.74. The summed E-state index contributed by atoms with van der Waals surface area (Å²) in [5, 5.41) is 2.90. The zero-order valence-corrected chi connectivity index (χ0v) is 12.9. The van der Waals surface area contributed by atoms with Crippen LogP contribution in [-0.4, -0.2) is 29.8 Å². The van der Waals surface area contributed by atoms with E-state index in [0.29, 0.717) is 6.42 Å². The quantitative estimate of drug-likeness (QED) is 0.925. The Morgan fingerprint density at radius 3 is 2.33 bits per heavy atom. The number of likely N-dealkylation sites (tertiary alicyclic amines) is 1. The Bertz CT molecular complexity index is 490. The molecule has 114 valence electrons. The number of carbonyl (C=O) groups excluding carboxylic acids is 2. The van der Waals surface area contributed by atoms with Crippen LogP contribution in [0.2, 0.25) is 0 Å². The monoisotopic (exact) mass is 288 g/mol. The fraction of sp³-hybridized carbons (Fsp3) is 0.529. The predicted octanol–water partition coefficient (Wildman–Crippen LogP) is 2.57. The molecule has 0 aromatic heterocycles. The lowest BCUT2D eigenvalue weighted by Gasteiger charge is -2.28. The summed E-state index contributed by atoms with van der Waals surface area (Å²) < 4.78 is 0. The van der Waals surface area contributed by atoms with Gasteiger partial charge >= 0.3 is 0 Å². The van der Waals surface area contributed by atoms with E-state index in [-0.39, 0.29) is 17.9 Å². The third-order valence-electron chi connectivity index (χ3n) is 3.94. The third kappa shape index (κ3) is 4.59. The number of hydrogen-bond donors (Lipinski definition) is 1. The van der Waals surface area contributed by atoms with Crippen molar-refractivity contribution in [2.75, 3.05) is 13.1 Å². The van der Waals surface area contributed by atoms with E-state index >= 15 is 0 Å². The fourth-order valence-electron chi connectivity index (χ4n) is 2.74. The highest BCUT2D eigenvalue weighted by Gasteiger charge is 2.22. The molecule has 21 heavy (non-hydrogen) atoms. The van der Waals surface area contributed by atoms with Gasteiger partial charge < -0.3 is 10.2 Å². The van der Waals surface area contributed by atoms with E-state index in [0.717, 1.165) is 31.5 Å². The van der Waals surface area contributed by atoms with Crippen molar-refractivity contribution in [3.63, 3.8) is 0 Å². The molecule has 0 radical (unpaired) electrons. The Hall–Kier alpha value is -1.84. The van der Waals surface area contributed by atoms with Gasteiger partial charge in [-0.25, -0.2) is 0 Å². The molecule has 0 saturated carbocycles. The summed E-state index contributed by atoms with van der Waals surface area (Å²) in [6, 6.07) is 7.75. The first-order chi connectivity index (χ1) is 10.1. The van der Waals surface area contributed by atoms with Gasteiger partial charge in [0.25, 0.3) is 0 Å². The lowest BCUT2D eigenvalue weighted by atomic mass is 10.0. The van der Waals surface area contributed by atoms with Gasteiger partial charge in [-0.2, -0.15) is 0 Å². The highest BCUT2D eigenvalue weighted by molar-refractivity contribution is 5.79. The smallest absolute Gasteiger partial charge is 0.224 e. The van der Waals surface area contributed by atoms with Gasteiger partial charge in [0, 0.05) is 20.0 Å². The van der Waals surface area contributed by atoms with E-state index in [4.69, 9.17) is 0 Å². The molecule has 1 atom stereocenters. The highest BCUT2D eigenvalue weighted by atomic mass is 16.2. The minimum Gasteiger partial charge on any atom is -0.349 e. The molecule has 0 unspecified atom stereocenters. The number of piperidine rings is 1. The molecule has 2 amide bonds. The largest absolute Gasteiger partial charge is 0.349 e. The summed E-state index contributed by atoms with van der Waals surface area (Å²) in [6.45, 7) is 5.21. The molecule has 1 aliphatic heterocycles. The molecule has 1 heterocycles. The van der Waals surface area contributed by atoms with E-state index in [1.54, 1.807) is 0 Å². The number of aryl methyl sites for hydroxylation is 1. The molecule has 1 saturated heterocycles. The number of nitrogens with zero attached hydrogens (tertiary/aromatic N) is 1. The first kappa shape index (κ1) is 15.5. The van der Waals surface area contributed by atoms with Gasteiger partial charge in [-0.1, -0.05) is 29.8 Å². The van der Waals surface area contributed by atoms with Gasteiger partial charge in [-0.15, -0.1) is 0 Å². The topological polar surface area (TPSA) is 49.4 Å². The summed E-state index contributed by atoms with van der Waals surface area (Å²) in [6.07, 6.45) is 3.71. The molecular formula is C17H24N2O2. The van der Waals surface area contributed by atoms with Crippen molar-refractivity contribution in [3.05, 3.63) is 35.4 Å². The van der Waals surface area contributed by atoms with Crippen molar-refractivity contribution in [2.24, 2.45) is 0 Å². The second kappa shape index (κ2) is 7.25. The van der Waals surface area contributed by atoms with Crippen molar-refractivity contribution >= 4 is 11.8 Å². The average Bonchev–Trinajstić information content (AvgIpc) is 2.48. The molecule has 0 spiro atoms. The first-order valence-electron chi connectivity index (χ1n) is 7.67. The van der Waals surface area contributed by atoms with Crippen LogP contribution in [0, 0.1) is 6.92 Å². The molecule has 1 fully saturated rings. The average molecular weight is 288 g/mol. The Balaban J connectivity index is 2.06. The number of rotatable bonds is 4. The van der Waals surface area contributed by atoms with Crippen molar-refractivity contribution in [2.45, 2.75) is 45.6 Å². The van der Waals surface area contributed by atoms with E-state index in [2.05, 4.69) is 5.32 Å². The van der Waals surface area contributed by atoms with Crippen molar-refractivity contribution in [1.82, 2.24) is 10.2 Å². The Kier molecular flexibility index (Phi) is 5.37. The van der Waals surface area contributed by atoms with Crippen molar-refractivity contribution < 1.29 is 9.59 Å². The lowest BCUT2D eigenvalue weighted by molar-refractivity contribution is -0.132. The normalized spacial score (nSPS) is 16.4. The van der Waals surface area contributed by atoms with Gasteiger partial charge in [0.1, 0.15) is 0 Å². The maximum atomic E-state index is 12.4. The predicted molar refractivity (Wildman–Crippen MR) is 82.8 cm³/mol. The Morgan fingerprint density at radius 2 is 1.76 bits per heavy atom.